The van der Waals surface area contributed by atoms with E-state index in [0.29, 0.717) is 12.0 Å². The Bertz CT molecular complexity index is 897. The van der Waals surface area contributed by atoms with Gasteiger partial charge in [-0.3, -0.25) is 9.59 Å². The van der Waals surface area contributed by atoms with Gasteiger partial charge in [-0.25, -0.2) is 0 Å². The van der Waals surface area contributed by atoms with Crippen molar-refractivity contribution in [2.24, 2.45) is 5.92 Å². The highest BCUT2D eigenvalue weighted by molar-refractivity contribution is 6.02. The van der Waals surface area contributed by atoms with Crippen LogP contribution in [0.25, 0.3) is 6.08 Å². The van der Waals surface area contributed by atoms with E-state index in [1.54, 1.807) is 18.2 Å². The van der Waals surface area contributed by atoms with E-state index in [4.69, 9.17) is 0 Å². The molecule has 0 radical (unpaired) electrons. The number of carbonyl (C=O) groups is 2. The zero-order valence-electron chi connectivity index (χ0n) is 15.1. The van der Waals surface area contributed by atoms with Crippen molar-refractivity contribution >= 4 is 17.6 Å². The predicted octanol–water partition coefficient (Wildman–Crippen LogP) is 5.40. The second kappa shape index (κ2) is 9.44. The van der Waals surface area contributed by atoms with Gasteiger partial charge in [0.2, 0.25) is 0 Å². The molecule has 0 N–H and O–H groups in total. The Hall–Kier alpha value is -3.26. The summed E-state index contributed by atoms with van der Waals surface area (Å²) in [5.41, 5.74) is 2.68. The van der Waals surface area contributed by atoms with Gasteiger partial charge in [0.25, 0.3) is 0 Å². The van der Waals surface area contributed by atoms with Crippen molar-refractivity contribution in [3.8, 4) is 0 Å². The first-order chi connectivity index (χ1) is 13.2. The van der Waals surface area contributed by atoms with Crippen LogP contribution < -0.4 is 0 Å². The zero-order chi connectivity index (χ0) is 18.9. The van der Waals surface area contributed by atoms with Gasteiger partial charge in [-0.15, -0.1) is 0 Å². The third-order valence-corrected chi connectivity index (χ3v) is 4.49. The van der Waals surface area contributed by atoms with Crippen LogP contribution in [0, 0.1) is 5.92 Å². The lowest BCUT2D eigenvalue weighted by molar-refractivity contribution is -0.118. The van der Waals surface area contributed by atoms with E-state index in [2.05, 4.69) is 0 Å². The van der Waals surface area contributed by atoms with Crippen molar-refractivity contribution in [3.05, 3.63) is 114 Å². The van der Waals surface area contributed by atoms with Crippen LogP contribution in [0.1, 0.15) is 27.9 Å². The molecule has 3 aromatic rings. The maximum atomic E-state index is 12.8. The fourth-order valence-corrected chi connectivity index (χ4v) is 3.02. The van der Waals surface area contributed by atoms with Crippen LogP contribution in [0.15, 0.2) is 97.1 Å². The summed E-state index contributed by atoms with van der Waals surface area (Å²) in [6.07, 6.45) is 4.17. The smallest absolute Gasteiger partial charge is 0.163 e. The molecule has 0 aromatic heterocycles. The summed E-state index contributed by atoms with van der Waals surface area (Å²) in [6, 6.07) is 28.7. The lowest BCUT2D eigenvalue weighted by atomic mass is 9.88. The van der Waals surface area contributed by atoms with Crippen molar-refractivity contribution < 1.29 is 9.59 Å². The highest BCUT2D eigenvalue weighted by Crippen LogP contribution is 2.18. The maximum Gasteiger partial charge on any atom is 0.163 e. The number of hydrogen-bond donors (Lipinski definition) is 0. The van der Waals surface area contributed by atoms with Gasteiger partial charge in [0.1, 0.15) is 0 Å². The van der Waals surface area contributed by atoms with Gasteiger partial charge in [-0.1, -0.05) is 97.1 Å². The SMILES string of the molecule is O=C(CC(Cc1ccccc1)C(=O)/C=C/c1ccccc1)c1ccccc1. The van der Waals surface area contributed by atoms with E-state index in [0.717, 1.165) is 11.1 Å². The maximum absolute atomic E-state index is 12.8. The van der Waals surface area contributed by atoms with Crippen LogP contribution in [0.4, 0.5) is 0 Å². The number of benzene rings is 3. The van der Waals surface area contributed by atoms with Gasteiger partial charge in [-0.05, 0) is 23.6 Å². The standard InChI is InChI=1S/C25H22O2/c26-24(17-16-20-10-4-1-5-11-20)23(18-21-12-6-2-7-13-21)19-25(27)22-14-8-3-9-15-22/h1-17,23H,18-19H2/b17-16+. The van der Waals surface area contributed by atoms with E-state index in [1.165, 1.54) is 0 Å². The van der Waals surface area contributed by atoms with E-state index in [1.807, 2.05) is 84.9 Å². The first kappa shape index (κ1) is 18.5. The van der Waals surface area contributed by atoms with E-state index in [9.17, 15) is 9.59 Å². The van der Waals surface area contributed by atoms with Gasteiger partial charge in [0.15, 0.2) is 11.6 Å². The summed E-state index contributed by atoms with van der Waals surface area (Å²) in [6.45, 7) is 0. The highest BCUT2D eigenvalue weighted by Gasteiger charge is 2.21. The number of rotatable bonds is 8. The number of carbonyl (C=O) groups excluding carboxylic acids is 2. The minimum atomic E-state index is -0.375. The minimum Gasteiger partial charge on any atom is -0.295 e. The molecule has 3 aromatic carbocycles. The summed E-state index contributed by atoms with van der Waals surface area (Å²) in [7, 11) is 0. The highest BCUT2D eigenvalue weighted by atomic mass is 16.1. The molecule has 3 rings (SSSR count). The number of hydrogen-bond acceptors (Lipinski definition) is 2. The molecule has 1 unspecified atom stereocenters. The second-order valence-corrected chi connectivity index (χ2v) is 6.53. The molecule has 27 heavy (non-hydrogen) atoms. The number of ketones is 2. The Balaban J connectivity index is 1.77. The fourth-order valence-electron chi connectivity index (χ4n) is 3.02. The molecule has 0 spiro atoms. The van der Waals surface area contributed by atoms with Gasteiger partial charge >= 0.3 is 0 Å². The largest absolute Gasteiger partial charge is 0.295 e. The quantitative estimate of drug-likeness (QED) is 0.401. The van der Waals surface area contributed by atoms with Crippen LogP contribution in [0.2, 0.25) is 0 Å². The van der Waals surface area contributed by atoms with Gasteiger partial charge in [-0.2, -0.15) is 0 Å². The lowest BCUT2D eigenvalue weighted by Gasteiger charge is -2.14. The molecule has 2 heteroatoms. The molecule has 1 atom stereocenters. The fraction of sp³-hybridized carbons (Fsp3) is 0.120. The molecule has 134 valence electrons. The van der Waals surface area contributed by atoms with Crippen molar-refractivity contribution in [2.75, 3.05) is 0 Å². The molecule has 0 aliphatic rings. The van der Waals surface area contributed by atoms with E-state index in [-0.39, 0.29) is 23.9 Å². The van der Waals surface area contributed by atoms with E-state index >= 15 is 0 Å². The molecule has 0 amide bonds. The van der Waals surface area contributed by atoms with Gasteiger partial charge in [0, 0.05) is 17.9 Å². The molecular weight excluding hydrogens is 332 g/mol. The molecule has 0 saturated heterocycles. The topological polar surface area (TPSA) is 34.1 Å². The van der Waals surface area contributed by atoms with Crippen molar-refractivity contribution in [2.45, 2.75) is 12.8 Å². The number of allylic oxidation sites excluding steroid dienone is 1. The molecule has 2 nitrogen and oxygen atoms in total. The summed E-state index contributed by atoms with van der Waals surface area (Å²) in [4.78, 5) is 25.5. The third-order valence-electron chi connectivity index (χ3n) is 4.49. The van der Waals surface area contributed by atoms with E-state index < -0.39 is 0 Å². The molecule has 0 saturated carbocycles. The Morgan fingerprint density at radius 3 is 1.93 bits per heavy atom. The average Bonchev–Trinajstić information content (AvgIpc) is 2.73. The third kappa shape index (κ3) is 5.61. The Morgan fingerprint density at radius 2 is 1.30 bits per heavy atom. The molecular formula is C25H22O2. The number of Topliss-reactive ketones (excluding diaryl/α,β-unsaturated/α-hetero) is 1. The monoisotopic (exact) mass is 354 g/mol. The molecule has 0 fully saturated rings. The van der Waals surface area contributed by atoms with Crippen LogP contribution in [0.3, 0.4) is 0 Å². The molecule has 0 aliphatic heterocycles. The summed E-state index contributed by atoms with van der Waals surface area (Å²) >= 11 is 0. The first-order valence-electron chi connectivity index (χ1n) is 9.11. The van der Waals surface area contributed by atoms with Crippen LogP contribution >= 0.6 is 0 Å². The normalized spacial score (nSPS) is 12.0. The molecule has 0 bridgehead atoms. The van der Waals surface area contributed by atoms with Crippen molar-refractivity contribution in [3.63, 3.8) is 0 Å². The first-order valence-corrected chi connectivity index (χ1v) is 9.11. The van der Waals surface area contributed by atoms with Crippen molar-refractivity contribution in [1.29, 1.82) is 0 Å². The summed E-state index contributed by atoms with van der Waals surface area (Å²) in [5, 5.41) is 0. The Kier molecular flexibility index (Phi) is 6.48. The predicted molar refractivity (Wildman–Crippen MR) is 110 cm³/mol. The minimum absolute atomic E-state index is 0.00186. The van der Waals surface area contributed by atoms with Crippen LogP contribution in [-0.2, 0) is 11.2 Å². The molecule has 0 heterocycles. The summed E-state index contributed by atoms with van der Waals surface area (Å²) < 4.78 is 0. The Labute approximate surface area is 160 Å². The van der Waals surface area contributed by atoms with Crippen molar-refractivity contribution in [1.82, 2.24) is 0 Å². The van der Waals surface area contributed by atoms with Gasteiger partial charge < -0.3 is 0 Å². The van der Waals surface area contributed by atoms with Gasteiger partial charge in [0.05, 0.1) is 0 Å². The van der Waals surface area contributed by atoms with Crippen LogP contribution in [0.5, 0.6) is 0 Å². The second-order valence-electron chi connectivity index (χ2n) is 6.53. The summed E-state index contributed by atoms with van der Waals surface area (Å²) in [5.74, 6) is -0.398. The lowest BCUT2D eigenvalue weighted by Crippen LogP contribution is -2.19. The molecule has 0 aliphatic carbocycles. The average molecular weight is 354 g/mol. The van der Waals surface area contributed by atoms with Crippen LogP contribution in [-0.4, -0.2) is 11.6 Å². The Morgan fingerprint density at radius 1 is 0.741 bits per heavy atom. The zero-order valence-corrected chi connectivity index (χ0v) is 15.1.